The van der Waals surface area contributed by atoms with Crippen molar-refractivity contribution < 1.29 is 14.2 Å². The summed E-state index contributed by atoms with van der Waals surface area (Å²) in [4.78, 5) is 0. The normalized spacial score (nSPS) is 35.6. The molecular formula is C11H21NO3. The van der Waals surface area contributed by atoms with Crippen molar-refractivity contribution in [1.29, 1.82) is 0 Å². The van der Waals surface area contributed by atoms with Crippen LogP contribution in [0.25, 0.3) is 0 Å². The number of methoxy groups -OCH3 is 1. The van der Waals surface area contributed by atoms with Gasteiger partial charge in [-0.3, -0.25) is 0 Å². The minimum absolute atomic E-state index is 0.295. The molecular weight excluding hydrogens is 194 g/mol. The van der Waals surface area contributed by atoms with E-state index in [1.807, 2.05) is 6.92 Å². The third-order valence-corrected chi connectivity index (χ3v) is 3.31. The van der Waals surface area contributed by atoms with Gasteiger partial charge in [0.05, 0.1) is 19.3 Å². The molecule has 0 aliphatic carbocycles. The molecule has 4 nitrogen and oxygen atoms in total. The van der Waals surface area contributed by atoms with Crippen LogP contribution in [0.15, 0.2) is 0 Å². The van der Waals surface area contributed by atoms with Crippen molar-refractivity contribution in [3.8, 4) is 0 Å². The van der Waals surface area contributed by atoms with Crippen molar-refractivity contribution >= 4 is 0 Å². The Morgan fingerprint density at radius 2 is 2.13 bits per heavy atom. The smallest absolute Gasteiger partial charge is 0.167 e. The van der Waals surface area contributed by atoms with E-state index in [-0.39, 0.29) is 0 Å². The molecule has 0 aromatic carbocycles. The Hall–Kier alpha value is -0.160. The number of nitrogens with one attached hydrogen (secondary N) is 1. The lowest BCUT2D eigenvalue weighted by molar-refractivity contribution is -0.159. The Morgan fingerprint density at radius 1 is 1.40 bits per heavy atom. The van der Waals surface area contributed by atoms with Crippen LogP contribution < -0.4 is 5.32 Å². The average Bonchev–Trinajstić information content (AvgIpc) is 2.66. The molecule has 0 saturated carbocycles. The lowest BCUT2D eigenvalue weighted by Crippen LogP contribution is -2.50. The Labute approximate surface area is 91.3 Å². The second kappa shape index (κ2) is 4.78. The van der Waals surface area contributed by atoms with Gasteiger partial charge in [-0.1, -0.05) is 0 Å². The lowest BCUT2D eigenvalue weighted by atomic mass is 9.95. The first-order valence-corrected chi connectivity index (χ1v) is 5.78. The van der Waals surface area contributed by atoms with Gasteiger partial charge in [0.2, 0.25) is 0 Å². The zero-order valence-corrected chi connectivity index (χ0v) is 9.62. The van der Waals surface area contributed by atoms with Crippen LogP contribution in [0.4, 0.5) is 0 Å². The molecule has 2 unspecified atom stereocenters. The van der Waals surface area contributed by atoms with Gasteiger partial charge < -0.3 is 19.5 Å². The van der Waals surface area contributed by atoms with Crippen LogP contribution in [-0.2, 0) is 14.2 Å². The van der Waals surface area contributed by atoms with Crippen molar-refractivity contribution in [2.45, 2.75) is 44.1 Å². The summed E-state index contributed by atoms with van der Waals surface area (Å²) in [5, 5.41) is 3.49. The summed E-state index contributed by atoms with van der Waals surface area (Å²) in [7, 11) is 1.78. The maximum Gasteiger partial charge on any atom is 0.167 e. The number of piperidine rings is 1. The van der Waals surface area contributed by atoms with E-state index in [9.17, 15) is 0 Å². The van der Waals surface area contributed by atoms with Gasteiger partial charge in [0.1, 0.15) is 0 Å². The number of hydrogen-bond acceptors (Lipinski definition) is 4. The van der Waals surface area contributed by atoms with Crippen LogP contribution in [0.3, 0.4) is 0 Å². The van der Waals surface area contributed by atoms with Crippen LogP contribution in [0.5, 0.6) is 0 Å². The minimum Gasteiger partial charge on any atom is -0.380 e. The topological polar surface area (TPSA) is 39.7 Å². The monoisotopic (exact) mass is 215 g/mol. The second-order valence-corrected chi connectivity index (χ2v) is 4.51. The van der Waals surface area contributed by atoms with Gasteiger partial charge in [-0.25, -0.2) is 0 Å². The molecule has 2 aliphatic rings. The molecule has 0 spiro atoms. The molecule has 0 aromatic heterocycles. The first-order valence-electron chi connectivity index (χ1n) is 5.78. The predicted molar refractivity (Wildman–Crippen MR) is 56.7 cm³/mol. The summed E-state index contributed by atoms with van der Waals surface area (Å²) in [6.45, 7) is 4.51. The third-order valence-electron chi connectivity index (χ3n) is 3.31. The molecule has 2 atom stereocenters. The largest absolute Gasteiger partial charge is 0.380 e. The van der Waals surface area contributed by atoms with Gasteiger partial charge in [0.25, 0.3) is 0 Å². The first kappa shape index (κ1) is 11.3. The maximum atomic E-state index is 5.62. The van der Waals surface area contributed by atoms with E-state index in [1.165, 1.54) is 6.42 Å². The van der Waals surface area contributed by atoms with E-state index < -0.39 is 5.79 Å². The van der Waals surface area contributed by atoms with E-state index >= 15 is 0 Å². The molecule has 2 rings (SSSR count). The van der Waals surface area contributed by atoms with E-state index in [4.69, 9.17) is 14.2 Å². The van der Waals surface area contributed by atoms with Crippen LogP contribution >= 0.6 is 0 Å². The highest BCUT2D eigenvalue weighted by Crippen LogP contribution is 2.27. The molecule has 2 saturated heterocycles. The fraction of sp³-hybridized carbons (Fsp3) is 1.00. The van der Waals surface area contributed by atoms with Crippen molar-refractivity contribution in [3.05, 3.63) is 0 Å². The van der Waals surface area contributed by atoms with Gasteiger partial charge in [-0.2, -0.15) is 0 Å². The Bertz CT molecular complexity index is 204. The summed E-state index contributed by atoms with van der Waals surface area (Å²) >= 11 is 0. The third kappa shape index (κ3) is 2.69. The molecule has 4 heteroatoms. The Balaban J connectivity index is 1.90. The Kier molecular flexibility index (Phi) is 3.61. The predicted octanol–water partition coefficient (Wildman–Crippen LogP) is 0.906. The van der Waals surface area contributed by atoms with Gasteiger partial charge in [-0.15, -0.1) is 0 Å². The summed E-state index contributed by atoms with van der Waals surface area (Å²) in [5.41, 5.74) is 0. The van der Waals surface area contributed by atoms with E-state index in [1.54, 1.807) is 7.11 Å². The SMILES string of the molecule is COC1CCCNC1CC1(C)OCCO1. The molecule has 0 aromatic rings. The quantitative estimate of drug-likeness (QED) is 0.759. The van der Waals surface area contributed by atoms with Gasteiger partial charge >= 0.3 is 0 Å². The molecule has 2 aliphatic heterocycles. The van der Waals surface area contributed by atoms with Crippen LogP contribution in [0.2, 0.25) is 0 Å². The van der Waals surface area contributed by atoms with E-state index in [2.05, 4.69) is 5.32 Å². The van der Waals surface area contributed by atoms with Gasteiger partial charge in [-0.05, 0) is 26.3 Å². The molecule has 88 valence electrons. The van der Waals surface area contributed by atoms with Crippen molar-refractivity contribution in [2.75, 3.05) is 26.9 Å². The van der Waals surface area contributed by atoms with E-state index in [0.29, 0.717) is 25.4 Å². The zero-order valence-electron chi connectivity index (χ0n) is 9.62. The summed E-state index contributed by atoms with van der Waals surface area (Å²) < 4.78 is 16.7. The molecule has 0 amide bonds. The Morgan fingerprint density at radius 3 is 2.80 bits per heavy atom. The molecule has 0 radical (unpaired) electrons. The molecule has 2 fully saturated rings. The fourth-order valence-electron chi connectivity index (χ4n) is 2.48. The van der Waals surface area contributed by atoms with Gasteiger partial charge in [0.15, 0.2) is 5.79 Å². The van der Waals surface area contributed by atoms with Gasteiger partial charge in [0, 0.05) is 19.6 Å². The van der Waals surface area contributed by atoms with Crippen LogP contribution in [0, 0.1) is 0 Å². The molecule has 0 bridgehead atoms. The first-order chi connectivity index (χ1) is 7.23. The molecule has 2 heterocycles. The van der Waals surface area contributed by atoms with Crippen molar-refractivity contribution in [1.82, 2.24) is 5.32 Å². The molecule has 15 heavy (non-hydrogen) atoms. The highest BCUT2D eigenvalue weighted by atomic mass is 16.7. The average molecular weight is 215 g/mol. The highest BCUT2D eigenvalue weighted by molar-refractivity contribution is 4.87. The summed E-state index contributed by atoms with van der Waals surface area (Å²) in [6.07, 6.45) is 3.48. The molecule has 1 N–H and O–H groups in total. The number of rotatable bonds is 3. The van der Waals surface area contributed by atoms with Crippen molar-refractivity contribution in [2.24, 2.45) is 0 Å². The van der Waals surface area contributed by atoms with Crippen LogP contribution in [0.1, 0.15) is 26.2 Å². The fourth-order valence-corrected chi connectivity index (χ4v) is 2.48. The maximum absolute atomic E-state index is 5.62. The van der Waals surface area contributed by atoms with E-state index in [0.717, 1.165) is 19.4 Å². The summed E-state index contributed by atoms with van der Waals surface area (Å²) in [6, 6.07) is 0.354. The lowest BCUT2D eigenvalue weighted by Gasteiger charge is -2.36. The number of hydrogen-bond donors (Lipinski definition) is 1. The standard InChI is InChI=1S/C11H21NO3/c1-11(14-6-7-15-11)8-9-10(13-2)4-3-5-12-9/h9-10,12H,3-8H2,1-2H3. The van der Waals surface area contributed by atoms with Crippen molar-refractivity contribution in [3.63, 3.8) is 0 Å². The second-order valence-electron chi connectivity index (χ2n) is 4.51. The number of ether oxygens (including phenoxy) is 3. The summed E-state index contributed by atoms with van der Waals surface area (Å²) in [5.74, 6) is -0.411. The highest BCUT2D eigenvalue weighted by Gasteiger charge is 2.37. The zero-order chi connectivity index (χ0) is 10.7. The van der Waals surface area contributed by atoms with Crippen LogP contribution in [-0.4, -0.2) is 44.8 Å². The minimum atomic E-state index is -0.411.